The van der Waals surface area contributed by atoms with E-state index in [4.69, 9.17) is 11.6 Å². The van der Waals surface area contributed by atoms with Gasteiger partial charge < -0.3 is 10.2 Å². The summed E-state index contributed by atoms with van der Waals surface area (Å²) in [7, 11) is 1.77. The fourth-order valence-corrected chi connectivity index (χ4v) is 2.99. The highest BCUT2D eigenvalue weighted by Gasteiger charge is 2.31. The molecule has 1 aliphatic rings. The van der Waals surface area contributed by atoms with Crippen LogP contribution in [0.1, 0.15) is 49.7 Å². The van der Waals surface area contributed by atoms with E-state index >= 15 is 0 Å². The van der Waals surface area contributed by atoms with Crippen LogP contribution in [-0.2, 0) is 7.05 Å². The number of carbonyl (C=O) groups excluding carboxylic acids is 1. The minimum Gasteiger partial charge on any atom is -0.335 e. The van der Waals surface area contributed by atoms with Crippen molar-refractivity contribution < 1.29 is 4.79 Å². The molecule has 1 N–H and O–H groups in total. The molecule has 1 aliphatic heterocycles. The number of nitrogens with one attached hydrogen (secondary N) is 1. The zero-order valence-corrected chi connectivity index (χ0v) is 13.5. The maximum absolute atomic E-state index is 12.8. The molecular weight excluding hydrogens is 276 g/mol. The molecule has 5 nitrogen and oxygen atoms in total. The number of hydrogen-bond donors (Lipinski definition) is 1. The minimum absolute atomic E-state index is 0.00741. The molecule has 0 spiro atoms. The first-order chi connectivity index (χ1) is 9.31. The Kier molecular flexibility index (Phi) is 4.39. The van der Waals surface area contributed by atoms with E-state index in [1.165, 1.54) is 0 Å². The molecule has 0 bridgehead atoms. The number of rotatable bonds is 2. The van der Waals surface area contributed by atoms with Crippen molar-refractivity contribution in [2.24, 2.45) is 7.05 Å². The van der Waals surface area contributed by atoms with E-state index in [-0.39, 0.29) is 11.8 Å². The van der Waals surface area contributed by atoms with Gasteiger partial charge in [0.05, 0.1) is 11.3 Å². The van der Waals surface area contributed by atoms with E-state index in [0.717, 1.165) is 5.69 Å². The van der Waals surface area contributed by atoms with Crippen molar-refractivity contribution in [2.45, 2.75) is 45.7 Å². The van der Waals surface area contributed by atoms with Gasteiger partial charge in [-0.05, 0) is 19.8 Å². The first-order valence-electron chi connectivity index (χ1n) is 7.09. The van der Waals surface area contributed by atoms with Gasteiger partial charge in [-0.2, -0.15) is 5.10 Å². The Balaban J connectivity index is 2.33. The number of aromatic nitrogens is 2. The molecule has 1 amide bonds. The summed E-state index contributed by atoms with van der Waals surface area (Å²) in [4.78, 5) is 14.7. The summed E-state index contributed by atoms with van der Waals surface area (Å²) in [6.07, 6.45) is 0. The molecule has 2 atom stereocenters. The number of aryl methyl sites for hydroxylation is 1. The zero-order chi connectivity index (χ0) is 15.0. The summed E-state index contributed by atoms with van der Waals surface area (Å²) in [5, 5.41) is 8.24. The summed E-state index contributed by atoms with van der Waals surface area (Å²) >= 11 is 6.28. The third-order valence-corrected chi connectivity index (χ3v) is 4.04. The third-order valence-electron chi connectivity index (χ3n) is 3.61. The fraction of sp³-hybridized carbons (Fsp3) is 0.714. The second kappa shape index (κ2) is 5.74. The fourth-order valence-electron chi connectivity index (χ4n) is 2.78. The molecule has 6 heteroatoms. The summed E-state index contributed by atoms with van der Waals surface area (Å²) in [6, 6.07) is 0.585. The lowest BCUT2D eigenvalue weighted by Gasteiger charge is -2.36. The number of halogens is 1. The molecule has 0 unspecified atom stereocenters. The first-order valence-corrected chi connectivity index (χ1v) is 7.46. The smallest absolute Gasteiger partial charge is 0.259 e. The molecule has 1 aromatic rings. The topological polar surface area (TPSA) is 50.2 Å². The maximum atomic E-state index is 12.8. The van der Waals surface area contributed by atoms with Gasteiger partial charge in [-0.3, -0.25) is 9.48 Å². The van der Waals surface area contributed by atoms with Crippen molar-refractivity contribution in [3.05, 3.63) is 16.4 Å². The molecule has 2 rings (SSSR count). The van der Waals surface area contributed by atoms with Gasteiger partial charge in [-0.15, -0.1) is 0 Å². The highest BCUT2D eigenvalue weighted by Crippen LogP contribution is 2.27. The third kappa shape index (κ3) is 2.83. The summed E-state index contributed by atoms with van der Waals surface area (Å²) < 4.78 is 1.58. The van der Waals surface area contributed by atoms with Gasteiger partial charge in [-0.25, -0.2) is 0 Å². The lowest BCUT2D eigenvalue weighted by Crippen LogP contribution is -2.55. The van der Waals surface area contributed by atoms with Crippen LogP contribution in [0.4, 0.5) is 0 Å². The van der Waals surface area contributed by atoms with Gasteiger partial charge in [0.25, 0.3) is 5.91 Å². The van der Waals surface area contributed by atoms with Crippen LogP contribution in [0, 0.1) is 0 Å². The van der Waals surface area contributed by atoms with Gasteiger partial charge >= 0.3 is 0 Å². The highest BCUT2D eigenvalue weighted by atomic mass is 35.5. The molecule has 1 fully saturated rings. The van der Waals surface area contributed by atoms with Crippen molar-refractivity contribution in [3.63, 3.8) is 0 Å². The number of hydrogen-bond acceptors (Lipinski definition) is 3. The van der Waals surface area contributed by atoms with Crippen LogP contribution in [-0.4, -0.2) is 45.8 Å². The van der Waals surface area contributed by atoms with Crippen molar-refractivity contribution in [1.29, 1.82) is 0 Å². The second-order valence-electron chi connectivity index (χ2n) is 6.01. The minimum atomic E-state index is -0.00741. The largest absolute Gasteiger partial charge is 0.335 e. The standard InChI is InChI=1S/C14H23ClN4O/c1-8(2)12-11(13(15)18(5)17-12)14(20)19-6-9(3)16-10(4)7-19/h8-10,16H,6-7H2,1-5H3/t9-,10-/m1/s1. The normalized spacial score (nSPS) is 23.4. The molecule has 112 valence electrons. The number of nitrogens with zero attached hydrogens (tertiary/aromatic N) is 3. The van der Waals surface area contributed by atoms with E-state index in [9.17, 15) is 4.79 Å². The molecule has 1 saturated heterocycles. The van der Waals surface area contributed by atoms with E-state index < -0.39 is 0 Å². The van der Waals surface area contributed by atoms with Crippen LogP contribution in [0.25, 0.3) is 0 Å². The number of piperazine rings is 1. The summed E-state index contributed by atoms with van der Waals surface area (Å²) in [5.74, 6) is 0.164. The van der Waals surface area contributed by atoms with Crippen molar-refractivity contribution in [3.8, 4) is 0 Å². The van der Waals surface area contributed by atoms with Gasteiger partial charge in [0.1, 0.15) is 5.15 Å². The molecule has 0 aromatic carbocycles. The highest BCUT2D eigenvalue weighted by molar-refractivity contribution is 6.33. The molecule has 20 heavy (non-hydrogen) atoms. The predicted octanol–water partition coefficient (Wildman–Crippen LogP) is 2.02. The number of carbonyl (C=O) groups is 1. The molecule has 2 heterocycles. The van der Waals surface area contributed by atoms with Crippen LogP contribution in [0.2, 0.25) is 5.15 Å². The average molecular weight is 299 g/mol. The molecule has 0 saturated carbocycles. The maximum Gasteiger partial charge on any atom is 0.259 e. The lowest BCUT2D eigenvalue weighted by atomic mass is 10.0. The van der Waals surface area contributed by atoms with Gasteiger partial charge in [0, 0.05) is 32.2 Å². The van der Waals surface area contributed by atoms with Gasteiger partial charge in [0.15, 0.2) is 0 Å². The zero-order valence-electron chi connectivity index (χ0n) is 12.8. The average Bonchev–Trinajstić information content (AvgIpc) is 2.64. The Morgan fingerprint density at radius 1 is 1.35 bits per heavy atom. The quantitative estimate of drug-likeness (QED) is 0.909. The van der Waals surface area contributed by atoms with Crippen LogP contribution in [0.5, 0.6) is 0 Å². The molecule has 1 aromatic heterocycles. The Morgan fingerprint density at radius 2 is 1.90 bits per heavy atom. The van der Waals surface area contributed by atoms with E-state index in [1.54, 1.807) is 11.7 Å². The Labute approximate surface area is 125 Å². The van der Waals surface area contributed by atoms with E-state index in [1.807, 2.05) is 18.7 Å². The molecular formula is C14H23ClN4O. The SMILES string of the molecule is CC(C)c1nn(C)c(Cl)c1C(=O)N1C[C@@H](C)N[C@H](C)C1. The Bertz CT molecular complexity index is 502. The van der Waals surface area contributed by atoms with Crippen molar-refractivity contribution in [1.82, 2.24) is 20.0 Å². The monoisotopic (exact) mass is 298 g/mol. The van der Waals surface area contributed by atoms with Crippen LogP contribution in [0.3, 0.4) is 0 Å². The first kappa shape index (κ1) is 15.3. The molecule has 0 radical (unpaired) electrons. The lowest BCUT2D eigenvalue weighted by molar-refractivity contribution is 0.0672. The van der Waals surface area contributed by atoms with E-state index in [2.05, 4.69) is 24.3 Å². The van der Waals surface area contributed by atoms with Crippen molar-refractivity contribution >= 4 is 17.5 Å². The summed E-state index contributed by atoms with van der Waals surface area (Å²) in [5.41, 5.74) is 1.34. The Morgan fingerprint density at radius 3 is 2.40 bits per heavy atom. The van der Waals surface area contributed by atoms with Gasteiger partial charge in [-0.1, -0.05) is 25.4 Å². The molecule has 0 aliphatic carbocycles. The number of amides is 1. The second-order valence-corrected chi connectivity index (χ2v) is 6.37. The van der Waals surface area contributed by atoms with Crippen LogP contribution >= 0.6 is 11.6 Å². The predicted molar refractivity (Wildman–Crippen MR) is 80.3 cm³/mol. The van der Waals surface area contributed by atoms with E-state index in [0.29, 0.717) is 35.9 Å². The van der Waals surface area contributed by atoms with Crippen LogP contribution in [0.15, 0.2) is 0 Å². The van der Waals surface area contributed by atoms with Crippen molar-refractivity contribution in [2.75, 3.05) is 13.1 Å². The van der Waals surface area contributed by atoms with Gasteiger partial charge in [0.2, 0.25) is 0 Å². The Hall–Kier alpha value is -1.07. The van der Waals surface area contributed by atoms with Crippen LogP contribution < -0.4 is 5.32 Å². The summed E-state index contributed by atoms with van der Waals surface area (Å²) in [6.45, 7) is 9.63.